The first-order chi connectivity index (χ1) is 23.6. The van der Waals surface area contributed by atoms with Crippen molar-refractivity contribution in [2.45, 2.75) is 61.8 Å². The molecule has 0 unspecified atom stereocenters. The molecule has 0 radical (unpaired) electrons. The van der Waals surface area contributed by atoms with Gasteiger partial charge < -0.3 is 28.8 Å². The van der Waals surface area contributed by atoms with Gasteiger partial charge in [-0.1, -0.05) is 85.8 Å². The van der Waals surface area contributed by atoms with Crippen molar-refractivity contribution in [2.75, 3.05) is 45.4 Å². The number of anilines is 1. The molecular weight excluding hydrogens is 639 g/mol. The number of benzene rings is 3. The average Bonchev–Trinajstić information content (AvgIpc) is 3.65. The molecule has 0 aromatic heterocycles. The van der Waals surface area contributed by atoms with Gasteiger partial charge in [0.2, 0.25) is 5.60 Å². The first kappa shape index (κ1) is 33.6. The van der Waals surface area contributed by atoms with Crippen LogP contribution in [0.5, 0.6) is 5.75 Å². The van der Waals surface area contributed by atoms with E-state index in [-0.39, 0.29) is 18.6 Å². The molecule has 1 saturated heterocycles. The average molecular weight is 685 g/mol. The van der Waals surface area contributed by atoms with Crippen molar-refractivity contribution in [2.24, 2.45) is 5.41 Å². The van der Waals surface area contributed by atoms with E-state index in [1.165, 1.54) is 7.11 Å². The number of fused-ring (bicyclic) bond motifs is 1. The molecule has 1 aliphatic carbocycles. The van der Waals surface area contributed by atoms with E-state index in [0.29, 0.717) is 25.0 Å². The number of aliphatic hydroxyl groups is 1. The van der Waals surface area contributed by atoms with Crippen LogP contribution >= 0.6 is 7.14 Å². The topological polar surface area (TPSA) is 106 Å². The second-order valence-corrected chi connectivity index (χ2v) is 16.8. The molecule has 3 heterocycles. The quantitative estimate of drug-likeness (QED) is 0.189. The smallest absolute Gasteiger partial charge is 0.344 e. The van der Waals surface area contributed by atoms with E-state index >= 15 is 0 Å². The fourth-order valence-electron chi connectivity index (χ4n) is 9.89. The Kier molecular flexibility index (Phi) is 8.53. The van der Waals surface area contributed by atoms with Gasteiger partial charge in [-0.2, -0.15) is 0 Å². The summed E-state index contributed by atoms with van der Waals surface area (Å²) in [5, 5.41) is 14.5. The number of hydrogen-bond acceptors (Lipinski definition) is 9. The van der Waals surface area contributed by atoms with Gasteiger partial charge in [0.05, 0.1) is 20.3 Å². The van der Waals surface area contributed by atoms with Gasteiger partial charge in [-0.15, -0.1) is 0 Å². The van der Waals surface area contributed by atoms with Gasteiger partial charge in [-0.05, 0) is 37.4 Å². The Hall–Kier alpha value is -3.91. The van der Waals surface area contributed by atoms with Crippen LogP contribution in [0.15, 0.2) is 91.0 Å². The maximum atomic E-state index is 14.6. The number of ether oxygens (including phenoxy) is 3. The summed E-state index contributed by atoms with van der Waals surface area (Å²) in [4.78, 5) is 32.5. The molecule has 6 atom stereocenters. The van der Waals surface area contributed by atoms with Crippen LogP contribution in [0.2, 0.25) is 0 Å². The third kappa shape index (κ3) is 4.76. The molecule has 10 heteroatoms. The number of rotatable bonds is 10. The summed E-state index contributed by atoms with van der Waals surface area (Å²) >= 11 is 0. The Morgan fingerprint density at radius 1 is 0.980 bits per heavy atom. The summed E-state index contributed by atoms with van der Waals surface area (Å²) in [5.74, 6) is -0.708. The molecule has 2 fully saturated rings. The molecule has 1 spiro atoms. The van der Waals surface area contributed by atoms with E-state index in [1.54, 1.807) is 7.11 Å². The molecule has 0 bridgehead atoms. The van der Waals surface area contributed by atoms with Gasteiger partial charge in [0.15, 0.2) is 6.10 Å². The molecular formula is C39H45N2O7P. The summed E-state index contributed by atoms with van der Waals surface area (Å²) in [6.45, 7) is 3.52. The van der Waals surface area contributed by atoms with Gasteiger partial charge in [-0.3, -0.25) is 9.69 Å². The Morgan fingerprint density at radius 3 is 2.27 bits per heavy atom. The summed E-state index contributed by atoms with van der Waals surface area (Å²) in [5.41, 5.74) is -1.83. The van der Waals surface area contributed by atoms with E-state index in [2.05, 4.69) is 23.1 Å². The molecule has 3 aromatic carbocycles. The second kappa shape index (κ2) is 12.4. The van der Waals surface area contributed by atoms with Crippen molar-refractivity contribution >= 4 is 35.4 Å². The van der Waals surface area contributed by atoms with Gasteiger partial charge in [0, 0.05) is 65.4 Å². The normalized spacial score (nSPS) is 29.9. The fourth-order valence-corrected chi connectivity index (χ4v) is 12.6. The first-order valence-corrected chi connectivity index (χ1v) is 19.0. The second-order valence-electron chi connectivity index (χ2n) is 13.9. The van der Waals surface area contributed by atoms with E-state index in [1.807, 2.05) is 91.7 Å². The summed E-state index contributed by atoms with van der Waals surface area (Å²) in [7, 11) is 1.72. The third-order valence-corrected chi connectivity index (χ3v) is 15.0. The number of esters is 2. The Morgan fingerprint density at radius 2 is 1.65 bits per heavy atom. The van der Waals surface area contributed by atoms with Crippen molar-refractivity contribution in [1.82, 2.24) is 4.90 Å². The van der Waals surface area contributed by atoms with Gasteiger partial charge in [0.1, 0.15) is 12.9 Å². The Balaban J connectivity index is 1.26. The zero-order chi connectivity index (χ0) is 34.6. The maximum Gasteiger partial charge on any atom is 0.344 e. The SMILES string of the molecule is CC[C@]12C=CCN3CC[C@@]4(c5ccc(OC)cc5N(C)[C@H]4[C@@](O)(C(=O)OC)[C@@H]1OC(=O)CCCP(=O)(c1ccccc1)c1ccccc1)[C@@H]32. The van der Waals surface area contributed by atoms with Crippen LogP contribution in [0.25, 0.3) is 0 Å². The number of carbonyl (C=O) groups excluding carboxylic acids is 2. The van der Waals surface area contributed by atoms with Crippen molar-refractivity contribution in [3.63, 3.8) is 0 Å². The summed E-state index contributed by atoms with van der Waals surface area (Å²) < 4.78 is 32.0. The number of likely N-dealkylation sites (N-methyl/N-ethyl adjacent to an activating group) is 1. The highest BCUT2D eigenvalue weighted by Crippen LogP contribution is 2.67. The van der Waals surface area contributed by atoms with Crippen LogP contribution in [-0.2, 0) is 29.0 Å². The highest BCUT2D eigenvalue weighted by atomic mass is 31.2. The lowest BCUT2D eigenvalue weighted by molar-refractivity contribution is -0.229. The van der Waals surface area contributed by atoms with Crippen LogP contribution in [0, 0.1) is 5.41 Å². The van der Waals surface area contributed by atoms with Crippen molar-refractivity contribution in [3.05, 3.63) is 96.6 Å². The van der Waals surface area contributed by atoms with Crippen LogP contribution in [-0.4, -0.2) is 86.3 Å². The van der Waals surface area contributed by atoms with Crippen LogP contribution in [0.4, 0.5) is 5.69 Å². The highest BCUT2D eigenvalue weighted by molar-refractivity contribution is 7.78. The van der Waals surface area contributed by atoms with Crippen LogP contribution in [0.1, 0.15) is 38.2 Å². The van der Waals surface area contributed by atoms with E-state index in [9.17, 15) is 19.3 Å². The molecule has 49 heavy (non-hydrogen) atoms. The minimum Gasteiger partial charge on any atom is -0.497 e. The molecule has 258 valence electrons. The van der Waals surface area contributed by atoms with E-state index in [0.717, 1.165) is 34.9 Å². The van der Waals surface area contributed by atoms with E-state index < -0.39 is 47.7 Å². The molecule has 3 aromatic rings. The summed E-state index contributed by atoms with van der Waals surface area (Å²) in [6.07, 6.45) is 4.67. The maximum absolute atomic E-state index is 14.6. The molecule has 7 rings (SSSR count). The zero-order valence-electron chi connectivity index (χ0n) is 28.6. The monoisotopic (exact) mass is 684 g/mol. The molecule has 4 aliphatic rings. The minimum absolute atomic E-state index is 0.0294. The molecule has 1 N–H and O–H groups in total. The zero-order valence-corrected chi connectivity index (χ0v) is 29.5. The summed E-state index contributed by atoms with van der Waals surface area (Å²) in [6, 6.07) is 23.8. The Labute approximate surface area is 288 Å². The fraction of sp³-hybridized carbons (Fsp3) is 0.436. The van der Waals surface area contributed by atoms with Gasteiger partial charge in [0.25, 0.3) is 0 Å². The lowest BCUT2D eigenvalue weighted by Crippen LogP contribution is -2.81. The van der Waals surface area contributed by atoms with Crippen molar-refractivity contribution in [1.29, 1.82) is 0 Å². The first-order valence-electron chi connectivity index (χ1n) is 17.2. The number of methoxy groups -OCH3 is 2. The minimum atomic E-state index is -3.05. The van der Waals surface area contributed by atoms with Gasteiger partial charge in [-0.25, -0.2) is 4.79 Å². The van der Waals surface area contributed by atoms with E-state index in [4.69, 9.17) is 14.2 Å². The van der Waals surface area contributed by atoms with Crippen LogP contribution in [0.3, 0.4) is 0 Å². The standard InChI is InChI=1S/C39H45N2O7P/c1-5-37-21-13-23-41-24-22-38(33(37)41)30-20-19-27(46-3)26-31(30)40(2)34(38)39(44,36(43)47-4)35(37)48-32(42)18-12-25-49(45,28-14-8-6-9-15-28)29-16-10-7-11-17-29/h6-11,13-17,19-21,26,33-35,44H,5,12,18,22-25H2,1-4H3/t33-,34+,35+,37+,38+,39-/m0/s1. The third-order valence-electron chi connectivity index (χ3n) is 11.8. The van der Waals surface area contributed by atoms with Crippen molar-refractivity contribution in [3.8, 4) is 5.75 Å². The predicted octanol–water partition coefficient (Wildman–Crippen LogP) is 4.42. The molecule has 1 saturated carbocycles. The highest BCUT2D eigenvalue weighted by Gasteiger charge is 2.80. The lowest BCUT2D eigenvalue weighted by atomic mass is 9.47. The number of hydrogen-bond donors (Lipinski definition) is 1. The van der Waals surface area contributed by atoms with Crippen molar-refractivity contribution < 1.29 is 33.5 Å². The number of carbonyl (C=O) groups is 2. The van der Waals surface area contributed by atoms with Crippen LogP contribution < -0.4 is 20.2 Å². The van der Waals surface area contributed by atoms with Gasteiger partial charge >= 0.3 is 11.9 Å². The largest absolute Gasteiger partial charge is 0.497 e. The number of nitrogens with zero attached hydrogens (tertiary/aromatic N) is 2. The molecule has 0 amide bonds. The predicted molar refractivity (Wildman–Crippen MR) is 189 cm³/mol. The Bertz CT molecular complexity index is 1770. The molecule has 3 aliphatic heterocycles. The lowest BCUT2D eigenvalue weighted by Gasteiger charge is -2.63. The molecule has 9 nitrogen and oxygen atoms in total.